The second-order valence-electron chi connectivity index (χ2n) is 6.69. The first-order valence-electron chi connectivity index (χ1n) is 9.09. The van der Waals surface area contributed by atoms with Crippen molar-refractivity contribution in [3.63, 3.8) is 0 Å². The molecular formula is C20H25N3O3S. The van der Waals surface area contributed by atoms with Crippen molar-refractivity contribution >= 4 is 21.6 Å². The third-order valence-electron chi connectivity index (χ3n) is 4.70. The number of anilines is 1. The number of amides is 1. The molecule has 1 amide bonds. The molecule has 1 aliphatic rings. The van der Waals surface area contributed by atoms with Gasteiger partial charge in [0.15, 0.2) is 0 Å². The number of benzene rings is 2. The molecule has 0 aromatic heterocycles. The third-order valence-corrected chi connectivity index (χ3v) is 6.62. The van der Waals surface area contributed by atoms with E-state index >= 15 is 0 Å². The van der Waals surface area contributed by atoms with Crippen LogP contribution in [0.3, 0.4) is 0 Å². The monoisotopic (exact) mass is 387 g/mol. The fraction of sp³-hybridized carbons (Fsp3) is 0.350. The van der Waals surface area contributed by atoms with Crippen molar-refractivity contribution in [1.82, 2.24) is 9.21 Å². The van der Waals surface area contributed by atoms with Crippen molar-refractivity contribution in [1.29, 1.82) is 0 Å². The third kappa shape index (κ3) is 5.15. The highest BCUT2D eigenvalue weighted by atomic mass is 32.2. The summed E-state index contributed by atoms with van der Waals surface area (Å²) in [5.74, 6) is -0.0777. The highest BCUT2D eigenvalue weighted by molar-refractivity contribution is 7.89. The van der Waals surface area contributed by atoms with Crippen molar-refractivity contribution in [2.45, 2.75) is 18.2 Å². The van der Waals surface area contributed by atoms with Gasteiger partial charge in [-0.25, -0.2) is 8.42 Å². The summed E-state index contributed by atoms with van der Waals surface area (Å²) >= 11 is 0. The van der Waals surface area contributed by atoms with Gasteiger partial charge in [-0.1, -0.05) is 30.3 Å². The zero-order valence-electron chi connectivity index (χ0n) is 15.5. The number of carbonyl (C=O) groups is 1. The highest BCUT2D eigenvalue weighted by Crippen LogP contribution is 2.17. The van der Waals surface area contributed by atoms with Crippen molar-refractivity contribution in [3.05, 3.63) is 60.2 Å². The Balaban J connectivity index is 1.49. The van der Waals surface area contributed by atoms with Gasteiger partial charge in [-0.2, -0.15) is 4.31 Å². The molecule has 1 saturated heterocycles. The Morgan fingerprint density at radius 3 is 2.19 bits per heavy atom. The number of hydrogen-bond donors (Lipinski definition) is 1. The quantitative estimate of drug-likeness (QED) is 0.825. The fourth-order valence-corrected chi connectivity index (χ4v) is 4.62. The second kappa shape index (κ2) is 8.65. The van der Waals surface area contributed by atoms with Gasteiger partial charge in [-0.05, 0) is 36.2 Å². The lowest BCUT2D eigenvalue weighted by Crippen LogP contribution is -2.48. The summed E-state index contributed by atoms with van der Waals surface area (Å²) in [6.45, 7) is 4.87. The summed E-state index contributed by atoms with van der Waals surface area (Å²) in [6, 6.07) is 16.4. The van der Waals surface area contributed by atoms with Crippen LogP contribution in [0.5, 0.6) is 0 Å². The fourth-order valence-electron chi connectivity index (χ4n) is 3.18. The predicted octanol–water partition coefficient (Wildman–Crippen LogP) is 2.19. The summed E-state index contributed by atoms with van der Waals surface area (Å²) in [7, 11) is -3.40. The molecule has 144 valence electrons. The van der Waals surface area contributed by atoms with E-state index in [2.05, 4.69) is 10.2 Å². The molecule has 0 unspecified atom stereocenters. The van der Waals surface area contributed by atoms with Gasteiger partial charge in [-0.3, -0.25) is 4.79 Å². The average Bonchev–Trinajstić information content (AvgIpc) is 2.68. The number of nitrogens with one attached hydrogen (secondary N) is 1. The molecule has 0 saturated carbocycles. The normalized spacial score (nSPS) is 16.2. The summed E-state index contributed by atoms with van der Waals surface area (Å²) in [4.78, 5) is 13.7. The van der Waals surface area contributed by atoms with Gasteiger partial charge < -0.3 is 10.2 Å². The molecule has 27 heavy (non-hydrogen) atoms. The van der Waals surface area contributed by atoms with Crippen molar-refractivity contribution < 1.29 is 13.2 Å². The highest BCUT2D eigenvalue weighted by Gasteiger charge is 2.27. The number of sulfonamides is 1. The number of rotatable bonds is 6. The Morgan fingerprint density at radius 1 is 0.963 bits per heavy atom. The van der Waals surface area contributed by atoms with E-state index in [1.54, 1.807) is 28.6 Å². The number of hydrogen-bond acceptors (Lipinski definition) is 4. The number of piperazine rings is 1. The summed E-state index contributed by atoms with van der Waals surface area (Å²) in [6.07, 6.45) is 0.895. The van der Waals surface area contributed by atoms with Gasteiger partial charge in [0, 0.05) is 45.3 Å². The van der Waals surface area contributed by atoms with E-state index in [4.69, 9.17) is 0 Å². The van der Waals surface area contributed by atoms with Gasteiger partial charge in [0.25, 0.3) is 0 Å². The van der Waals surface area contributed by atoms with Crippen LogP contribution in [0, 0.1) is 0 Å². The SMILES string of the molecule is CC(=O)Nc1ccc(CCN2CCN(S(=O)(=O)c3ccccc3)CC2)cc1. The van der Waals surface area contributed by atoms with Crippen molar-refractivity contribution in [2.75, 3.05) is 38.0 Å². The maximum Gasteiger partial charge on any atom is 0.243 e. The van der Waals surface area contributed by atoms with Crippen LogP contribution < -0.4 is 5.32 Å². The predicted molar refractivity (Wildman–Crippen MR) is 106 cm³/mol. The Kier molecular flexibility index (Phi) is 6.26. The van der Waals surface area contributed by atoms with E-state index in [9.17, 15) is 13.2 Å². The molecule has 1 heterocycles. The van der Waals surface area contributed by atoms with Crippen molar-refractivity contribution in [2.24, 2.45) is 0 Å². The molecule has 6 nitrogen and oxygen atoms in total. The molecule has 0 spiro atoms. The average molecular weight is 388 g/mol. The minimum Gasteiger partial charge on any atom is -0.326 e. The van der Waals surface area contributed by atoms with Crippen LogP contribution >= 0.6 is 0 Å². The molecule has 7 heteroatoms. The summed E-state index contributed by atoms with van der Waals surface area (Å²) in [5, 5.41) is 2.76. The number of nitrogens with zero attached hydrogens (tertiary/aromatic N) is 2. The smallest absolute Gasteiger partial charge is 0.243 e. The lowest BCUT2D eigenvalue weighted by molar-refractivity contribution is -0.114. The first-order valence-corrected chi connectivity index (χ1v) is 10.5. The van der Waals surface area contributed by atoms with Crippen molar-refractivity contribution in [3.8, 4) is 0 Å². The first kappa shape index (κ1) is 19.5. The molecule has 2 aromatic carbocycles. The van der Waals surface area contributed by atoms with Crippen LogP contribution in [-0.2, 0) is 21.2 Å². The zero-order valence-corrected chi connectivity index (χ0v) is 16.3. The maximum atomic E-state index is 12.7. The maximum absolute atomic E-state index is 12.7. The molecular weight excluding hydrogens is 362 g/mol. The molecule has 1 fully saturated rings. The largest absolute Gasteiger partial charge is 0.326 e. The standard InChI is InChI=1S/C20H25N3O3S/c1-17(24)21-19-9-7-18(8-10-19)11-12-22-13-15-23(16-14-22)27(25,26)20-5-3-2-4-6-20/h2-10H,11-16H2,1H3,(H,21,24). The summed E-state index contributed by atoms with van der Waals surface area (Å²) < 4.78 is 26.9. The lowest BCUT2D eigenvalue weighted by atomic mass is 10.1. The molecule has 0 radical (unpaired) electrons. The Bertz CT molecular complexity index is 859. The molecule has 3 rings (SSSR count). The van der Waals surface area contributed by atoms with Crippen LogP contribution in [0.4, 0.5) is 5.69 Å². The van der Waals surface area contributed by atoms with Crippen LogP contribution in [0.25, 0.3) is 0 Å². The topological polar surface area (TPSA) is 69.7 Å². The Morgan fingerprint density at radius 2 is 1.59 bits per heavy atom. The molecule has 0 aliphatic carbocycles. The van der Waals surface area contributed by atoms with Crippen LogP contribution in [0.15, 0.2) is 59.5 Å². The van der Waals surface area contributed by atoms with Gasteiger partial charge in [0.05, 0.1) is 4.90 Å². The molecule has 0 bridgehead atoms. The molecule has 0 atom stereocenters. The van der Waals surface area contributed by atoms with Gasteiger partial charge >= 0.3 is 0 Å². The lowest BCUT2D eigenvalue weighted by Gasteiger charge is -2.34. The summed E-state index contributed by atoms with van der Waals surface area (Å²) in [5.41, 5.74) is 1.99. The molecule has 1 N–H and O–H groups in total. The second-order valence-corrected chi connectivity index (χ2v) is 8.62. The molecule has 2 aromatic rings. The Hall–Kier alpha value is -2.22. The van der Waals surface area contributed by atoms with Gasteiger partial charge in [-0.15, -0.1) is 0 Å². The van der Waals surface area contributed by atoms with Gasteiger partial charge in [0.2, 0.25) is 15.9 Å². The van der Waals surface area contributed by atoms with Gasteiger partial charge in [0.1, 0.15) is 0 Å². The van der Waals surface area contributed by atoms with E-state index in [-0.39, 0.29) is 5.91 Å². The van der Waals surface area contributed by atoms with E-state index in [0.717, 1.165) is 31.7 Å². The first-order chi connectivity index (χ1) is 12.9. The zero-order chi connectivity index (χ0) is 19.3. The van der Waals surface area contributed by atoms with Crippen LogP contribution in [0.2, 0.25) is 0 Å². The molecule has 1 aliphatic heterocycles. The Labute approximate surface area is 160 Å². The minimum absolute atomic E-state index is 0.0777. The van der Waals surface area contributed by atoms with Crippen LogP contribution in [0.1, 0.15) is 12.5 Å². The van der Waals surface area contributed by atoms with E-state index < -0.39 is 10.0 Å². The van der Waals surface area contributed by atoms with E-state index in [1.165, 1.54) is 12.5 Å². The van der Waals surface area contributed by atoms with Crippen LogP contribution in [-0.4, -0.2) is 56.3 Å². The minimum atomic E-state index is -3.40. The van der Waals surface area contributed by atoms with E-state index in [1.807, 2.05) is 30.3 Å². The van der Waals surface area contributed by atoms with E-state index in [0.29, 0.717) is 18.0 Å². The number of carbonyl (C=O) groups excluding carboxylic acids is 1.